The van der Waals surface area contributed by atoms with E-state index in [0.29, 0.717) is 12.6 Å². The van der Waals surface area contributed by atoms with Crippen LogP contribution in [0.15, 0.2) is 18.2 Å². The van der Waals surface area contributed by atoms with Crippen LogP contribution in [0.3, 0.4) is 0 Å². The number of para-hydroxylation sites is 1. The van der Waals surface area contributed by atoms with E-state index in [9.17, 15) is 4.79 Å². The number of thiazole rings is 1. The van der Waals surface area contributed by atoms with Crippen molar-refractivity contribution < 1.29 is 9.53 Å². The number of amides is 1. The molecule has 1 aromatic heterocycles. The summed E-state index contributed by atoms with van der Waals surface area (Å²) in [6, 6.07) is 6.43. The molecule has 1 aromatic carbocycles. The number of fused-ring (bicyclic) bond motifs is 1. The molecule has 0 unspecified atom stereocenters. The molecule has 2 aromatic rings. The summed E-state index contributed by atoms with van der Waals surface area (Å²) in [6.45, 7) is 6.14. The number of piperidine rings is 1. The zero-order chi connectivity index (χ0) is 16.4. The molecule has 5 nitrogen and oxygen atoms in total. The lowest BCUT2D eigenvalue weighted by Crippen LogP contribution is -2.45. The third-order valence-corrected chi connectivity index (χ3v) is 5.53. The molecular formula is C17H23N3O2S. The predicted molar refractivity (Wildman–Crippen MR) is 94.5 cm³/mol. The monoisotopic (exact) mass is 333 g/mol. The molecule has 2 heterocycles. The van der Waals surface area contributed by atoms with Crippen LogP contribution in [0, 0.1) is 0 Å². The average molecular weight is 333 g/mol. The maximum atomic E-state index is 11.5. The number of aromatic nitrogens is 1. The Morgan fingerprint density at radius 3 is 2.83 bits per heavy atom. The van der Waals surface area contributed by atoms with Crippen LogP contribution in [0.25, 0.3) is 10.2 Å². The number of rotatable bonds is 4. The number of anilines is 1. The van der Waals surface area contributed by atoms with Crippen molar-refractivity contribution in [1.29, 1.82) is 0 Å². The van der Waals surface area contributed by atoms with E-state index < -0.39 is 0 Å². The van der Waals surface area contributed by atoms with E-state index in [2.05, 4.69) is 11.0 Å². The first kappa shape index (κ1) is 16.1. The van der Waals surface area contributed by atoms with Crippen molar-refractivity contribution >= 4 is 32.6 Å². The molecule has 0 N–H and O–H groups in total. The summed E-state index contributed by atoms with van der Waals surface area (Å²) in [6.07, 6.45) is 1.98. The number of nitrogens with zero attached hydrogens (tertiary/aromatic N) is 3. The summed E-state index contributed by atoms with van der Waals surface area (Å²) in [5.41, 5.74) is 0.956. The van der Waals surface area contributed by atoms with E-state index in [1.807, 2.05) is 31.0 Å². The van der Waals surface area contributed by atoms with Gasteiger partial charge in [-0.15, -0.1) is 0 Å². The Labute approximate surface area is 140 Å². The van der Waals surface area contributed by atoms with Crippen molar-refractivity contribution in [3.05, 3.63) is 18.2 Å². The minimum atomic E-state index is 0.143. The molecule has 124 valence electrons. The summed E-state index contributed by atoms with van der Waals surface area (Å²) in [4.78, 5) is 20.5. The molecule has 0 aliphatic carbocycles. The van der Waals surface area contributed by atoms with Gasteiger partial charge in [0.1, 0.15) is 11.3 Å². The Morgan fingerprint density at radius 1 is 1.43 bits per heavy atom. The topological polar surface area (TPSA) is 45.7 Å². The minimum Gasteiger partial charge on any atom is -0.492 e. The van der Waals surface area contributed by atoms with Gasteiger partial charge < -0.3 is 14.5 Å². The molecule has 0 atom stereocenters. The van der Waals surface area contributed by atoms with Gasteiger partial charge in [-0.2, -0.15) is 0 Å². The van der Waals surface area contributed by atoms with Crippen LogP contribution in [0.2, 0.25) is 0 Å². The van der Waals surface area contributed by atoms with Gasteiger partial charge in [0, 0.05) is 33.1 Å². The van der Waals surface area contributed by atoms with Gasteiger partial charge in [-0.1, -0.05) is 17.4 Å². The Balaban J connectivity index is 1.75. The van der Waals surface area contributed by atoms with Gasteiger partial charge >= 0.3 is 0 Å². The van der Waals surface area contributed by atoms with Crippen LogP contribution >= 0.6 is 11.3 Å². The molecule has 0 spiro atoms. The van der Waals surface area contributed by atoms with E-state index >= 15 is 0 Å². The van der Waals surface area contributed by atoms with Crippen LogP contribution < -0.4 is 9.64 Å². The molecule has 1 amide bonds. The van der Waals surface area contributed by atoms with Gasteiger partial charge in [0.15, 0.2) is 5.13 Å². The molecule has 3 rings (SSSR count). The van der Waals surface area contributed by atoms with Crippen LogP contribution in [-0.4, -0.2) is 48.6 Å². The largest absolute Gasteiger partial charge is 0.492 e. The zero-order valence-corrected chi connectivity index (χ0v) is 14.7. The van der Waals surface area contributed by atoms with Crippen molar-refractivity contribution in [3.8, 4) is 5.75 Å². The first-order valence-electron chi connectivity index (χ1n) is 8.11. The molecule has 0 radical (unpaired) electrons. The number of hydrogen-bond donors (Lipinski definition) is 0. The molecule has 1 aliphatic heterocycles. The Bertz CT molecular complexity index is 692. The molecule has 23 heavy (non-hydrogen) atoms. The van der Waals surface area contributed by atoms with Crippen molar-refractivity contribution in [2.45, 2.75) is 32.7 Å². The number of carbonyl (C=O) groups is 1. The van der Waals surface area contributed by atoms with E-state index in [-0.39, 0.29) is 5.91 Å². The highest BCUT2D eigenvalue weighted by molar-refractivity contribution is 7.22. The van der Waals surface area contributed by atoms with E-state index in [4.69, 9.17) is 9.72 Å². The lowest BCUT2D eigenvalue weighted by molar-refractivity contribution is -0.129. The van der Waals surface area contributed by atoms with Gasteiger partial charge in [-0.3, -0.25) is 4.79 Å². The fraction of sp³-hybridized carbons (Fsp3) is 0.529. The quantitative estimate of drug-likeness (QED) is 0.862. The van der Waals surface area contributed by atoms with Gasteiger partial charge in [0.05, 0.1) is 11.3 Å². The summed E-state index contributed by atoms with van der Waals surface area (Å²) in [5, 5.41) is 1.05. The van der Waals surface area contributed by atoms with Gasteiger partial charge in [0.25, 0.3) is 0 Å². The Hall–Kier alpha value is -1.82. The second-order valence-corrected chi connectivity index (χ2v) is 6.89. The van der Waals surface area contributed by atoms with Crippen LogP contribution in [0.1, 0.15) is 26.7 Å². The second kappa shape index (κ2) is 6.74. The summed E-state index contributed by atoms with van der Waals surface area (Å²) in [7, 11) is 1.90. The first-order chi connectivity index (χ1) is 11.1. The lowest BCUT2D eigenvalue weighted by Gasteiger charge is -2.36. The van der Waals surface area contributed by atoms with Crippen molar-refractivity contribution in [3.63, 3.8) is 0 Å². The zero-order valence-electron chi connectivity index (χ0n) is 13.9. The highest BCUT2D eigenvalue weighted by atomic mass is 32.1. The SMILES string of the molecule is CCOc1cccc2sc(N3CCC(N(C)C(C)=O)CC3)nc12. The summed E-state index contributed by atoms with van der Waals surface area (Å²) in [5.74, 6) is 1.00. The maximum Gasteiger partial charge on any atom is 0.219 e. The third-order valence-electron chi connectivity index (χ3n) is 4.45. The molecule has 0 bridgehead atoms. The smallest absolute Gasteiger partial charge is 0.219 e. The normalized spacial score (nSPS) is 15.9. The average Bonchev–Trinajstić information content (AvgIpc) is 3.00. The van der Waals surface area contributed by atoms with Gasteiger partial charge in [0.2, 0.25) is 5.91 Å². The first-order valence-corrected chi connectivity index (χ1v) is 8.92. The number of hydrogen-bond acceptors (Lipinski definition) is 5. The highest BCUT2D eigenvalue weighted by Crippen LogP contribution is 2.35. The van der Waals surface area contributed by atoms with E-state index in [1.165, 1.54) is 0 Å². The minimum absolute atomic E-state index is 0.143. The summed E-state index contributed by atoms with van der Waals surface area (Å²) >= 11 is 1.71. The van der Waals surface area contributed by atoms with Crippen molar-refractivity contribution in [1.82, 2.24) is 9.88 Å². The van der Waals surface area contributed by atoms with Crippen LogP contribution in [0.4, 0.5) is 5.13 Å². The lowest BCUT2D eigenvalue weighted by atomic mass is 10.0. The maximum absolute atomic E-state index is 11.5. The van der Waals surface area contributed by atoms with E-state index in [0.717, 1.165) is 47.0 Å². The highest BCUT2D eigenvalue weighted by Gasteiger charge is 2.25. The number of benzene rings is 1. The fourth-order valence-corrected chi connectivity index (χ4v) is 4.06. The second-order valence-electron chi connectivity index (χ2n) is 5.88. The third kappa shape index (κ3) is 3.27. The fourth-order valence-electron chi connectivity index (χ4n) is 3.02. The molecule has 1 fully saturated rings. The molecular weight excluding hydrogens is 310 g/mol. The molecule has 6 heteroatoms. The molecule has 0 saturated carbocycles. The number of carbonyl (C=O) groups excluding carboxylic acids is 1. The summed E-state index contributed by atoms with van der Waals surface area (Å²) < 4.78 is 6.84. The number of ether oxygens (including phenoxy) is 1. The van der Waals surface area contributed by atoms with Crippen molar-refractivity contribution in [2.75, 3.05) is 31.6 Å². The van der Waals surface area contributed by atoms with Crippen LogP contribution in [0.5, 0.6) is 5.75 Å². The molecule has 1 saturated heterocycles. The van der Waals surface area contributed by atoms with Crippen LogP contribution in [-0.2, 0) is 4.79 Å². The standard InChI is InChI=1S/C17H23N3O2S/c1-4-22-14-6-5-7-15-16(14)18-17(23-15)20-10-8-13(9-11-20)19(3)12(2)21/h5-7,13H,4,8-11H2,1-3H3. The Kier molecular flexibility index (Phi) is 4.71. The van der Waals surface area contributed by atoms with Gasteiger partial charge in [-0.05, 0) is 31.9 Å². The van der Waals surface area contributed by atoms with Gasteiger partial charge in [-0.25, -0.2) is 4.98 Å². The Morgan fingerprint density at radius 2 is 2.17 bits per heavy atom. The van der Waals surface area contributed by atoms with E-state index in [1.54, 1.807) is 18.3 Å². The predicted octanol–water partition coefficient (Wildman–Crippen LogP) is 3.14. The molecule has 1 aliphatic rings. The van der Waals surface area contributed by atoms with Crippen molar-refractivity contribution in [2.24, 2.45) is 0 Å².